The molecule has 0 saturated heterocycles. The van der Waals surface area contributed by atoms with Gasteiger partial charge in [-0.25, -0.2) is 5.43 Å². The second kappa shape index (κ2) is 7.40. The summed E-state index contributed by atoms with van der Waals surface area (Å²) in [6.45, 7) is 1.95. The summed E-state index contributed by atoms with van der Waals surface area (Å²) in [6.07, 6.45) is 4.03. The first-order valence-corrected chi connectivity index (χ1v) is 7.19. The Bertz CT molecular complexity index is 601. The molecule has 1 heterocycles. The summed E-state index contributed by atoms with van der Waals surface area (Å²) in [5.41, 5.74) is 4.63. The van der Waals surface area contributed by atoms with E-state index in [1.165, 1.54) is 0 Å². The standard InChI is InChI=1S/C16H16N2OS/c1-13(10-14-6-3-2-4-7-14)12-17-18-16(19)11-15-8-5-9-20-15/h2-10,12H,11H2,1H3,(H,18,19)/b13-10+,17-12?. The summed E-state index contributed by atoms with van der Waals surface area (Å²) in [7, 11) is 0. The number of hydrogen-bond donors (Lipinski definition) is 1. The van der Waals surface area contributed by atoms with E-state index in [0.717, 1.165) is 16.0 Å². The van der Waals surface area contributed by atoms with Crippen molar-refractivity contribution in [2.24, 2.45) is 5.10 Å². The molecule has 20 heavy (non-hydrogen) atoms. The van der Waals surface area contributed by atoms with Crippen LogP contribution in [-0.4, -0.2) is 12.1 Å². The van der Waals surface area contributed by atoms with Gasteiger partial charge in [-0.1, -0.05) is 42.5 Å². The van der Waals surface area contributed by atoms with Crippen LogP contribution in [0.15, 0.2) is 58.5 Å². The molecular weight excluding hydrogens is 268 g/mol. The normalized spacial score (nSPS) is 11.8. The fraction of sp³-hybridized carbons (Fsp3) is 0.125. The third-order valence-corrected chi connectivity index (χ3v) is 3.44. The van der Waals surface area contributed by atoms with Crippen molar-refractivity contribution >= 4 is 29.5 Å². The Morgan fingerprint density at radius 3 is 2.75 bits per heavy atom. The third-order valence-electron chi connectivity index (χ3n) is 2.57. The molecule has 1 N–H and O–H groups in total. The molecule has 0 spiro atoms. The number of allylic oxidation sites excluding steroid dienone is 1. The lowest BCUT2D eigenvalue weighted by atomic mass is 10.1. The van der Waals surface area contributed by atoms with Crippen LogP contribution < -0.4 is 5.43 Å². The molecule has 0 saturated carbocycles. The smallest absolute Gasteiger partial charge is 0.245 e. The van der Waals surface area contributed by atoms with E-state index in [2.05, 4.69) is 10.5 Å². The van der Waals surface area contributed by atoms with E-state index in [-0.39, 0.29) is 5.91 Å². The van der Waals surface area contributed by atoms with Crippen molar-refractivity contribution in [3.8, 4) is 0 Å². The Morgan fingerprint density at radius 2 is 2.05 bits per heavy atom. The molecule has 1 amide bonds. The summed E-state index contributed by atoms with van der Waals surface area (Å²) in [5, 5.41) is 5.92. The van der Waals surface area contributed by atoms with Gasteiger partial charge in [0.1, 0.15) is 0 Å². The topological polar surface area (TPSA) is 41.5 Å². The highest BCUT2D eigenvalue weighted by Gasteiger charge is 2.01. The van der Waals surface area contributed by atoms with Crippen molar-refractivity contribution in [2.45, 2.75) is 13.3 Å². The molecule has 0 aliphatic carbocycles. The fourth-order valence-electron chi connectivity index (χ4n) is 1.67. The quantitative estimate of drug-likeness (QED) is 0.662. The summed E-state index contributed by atoms with van der Waals surface area (Å²) in [6, 6.07) is 13.9. The summed E-state index contributed by atoms with van der Waals surface area (Å²) < 4.78 is 0. The van der Waals surface area contributed by atoms with Gasteiger partial charge in [0.05, 0.1) is 12.6 Å². The number of carbonyl (C=O) groups excluding carboxylic acids is 1. The van der Waals surface area contributed by atoms with Gasteiger partial charge < -0.3 is 0 Å². The van der Waals surface area contributed by atoms with E-state index in [1.54, 1.807) is 17.6 Å². The maximum Gasteiger partial charge on any atom is 0.245 e. The van der Waals surface area contributed by atoms with Crippen molar-refractivity contribution in [2.75, 3.05) is 0 Å². The molecule has 0 bridgehead atoms. The van der Waals surface area contributed by atoms with Crippen LogP contribution in [0.4, 0.5) is 0 Å². The van der Waals surface area contributed by atoms with Crippen LogP contribution in [0.2, 0.25) is 0 Å². The van der Waals surface area contributed by atoms with E-state index in [0.29, 0.717) is 6.42 Å². The zero-order valence-corrected chi connectivity index (χ0v) is 12.1. The second-order valence-electron chi connectivity index (χ2n) is 4.35. The predicted molar refractivity (Wildman–Crippen MR) is 84.8 cm³/mol. The number of nitrogens with one attached hydrogen (secondary N) is 1. The van der Waals surface area contributed by atoms with E-state index in [4.69, 9.17) is 0 Å². The number of thiophene rings is 1. The van der Waals surface area contributed by atoms with Gasteiger partial charge >= 0.3 is 0 Å². The van der Waals surface area contributed by atoms with Gasteiger partial charge in [-0.15, -0.1) is 11.3 Å². The summed E-state index contributed by atoms with van der Waals surface area (Å²) in [4.78, 5) is 12.6. The molecule has 1 aromatic heterocycles. The van der Waals surface area contributed by atoms with Crippen molar-refractivity contribution in [1.29, 1.82) is 0 Å². The Balaban J connectivity index is 1.84. The molecule has 0 atom stereocenters. The SMILES string of the molecule is C/C(C=NNC(=O)Cc1cccs1)=C\c1ccccc1. The van der Waals surface area contributed by atoms with Crippen molar-refractivity contribution in [3.05, 3.63) is 63.9 Å². The van der Waals surface area contributed by atoms with Crippen LogP contribution in [0, 0.1) is 0 Å². The third kappa shape index (κ3) is 4.82. The highest BCUT2D eigenvalue weighted by molar-refractivity contribution is 7.10. The van der Waals surface area contributed by atoms with Crippen LogP contribution >= 0.6 is 11.3 Å². The average molecular weight is 284 g/mol. The monoisotopic (exact) mass is 284 g/mol. The number of nitrogens with zero attached hydrogens (tertiary/aromatic N) is 1. The first-order chi connectivity index (χ1) is 9.74. The fourth-order valence-corrected chi connectivity index (χ4v) is 2.37. The van der Waals surface area contributed by atoms with Crippen LogP contribution in [0.3, 0.4) is 0 Å². The highest BCUT2D eigenvalue weighted by Crippen LogP contribution is 2.08. The molecule has 3 nitrogen and oxygen atoms in total. The molecule has 4 heteroatoms. The number of hydrazone groups is 1. The Morgan fingerprint density at radius 1 is 1.25 bits per heavy atom. The summed E-state index contributed by atoms with van der Waals surface area (Å²) >= 11 is 1.57. The number of hydrogen-bond acceptors (Lipinski definition) is 3. The van der Waals surface area contributed by atoms with Gasteiger partial charge in [0.15, 0.2) is 0 Å². The second-order valence-corrected chi connectivity index (χ2v) is 5.38. The van der Waals surface area contributed by atoms with Gasteiger partial charge in [0.25, 0.3) is 0 Å². The molecule has 0 aliphatic rings. The predicted octanol–water partition coefficient (Wildman–Crippen LogP) is 3.50. The van der Waals surface area contributed by atoms with Crippen molar-refractivity contribution < 1.29 is 4.79 Å². The number of benzene rings is 1. The average Bonchev–Trinajstić information content (AvgIpc) is 2.92. The molecular formula is C16H16N2OS. The summed E-state index contributed by atoms with van der Waals surface area (Å²) in [5.74, 6) is -0.101. The van der Waals surface area contributed by atoms with Crippen LogP contribution in [0.5, 0.6) is 0 Å². The van der Waals surface area contributed by atoms with E-state index in [1.807, 2.05) is 60.8 Å². The lowest BCUT2D eigenvalue weighted by Gasteiger charge is -1.98. The molecule has 0 aliphatic heterocycles. The number of rotatable bonds is 5. The van der Waals surface area contributed by atoms with Crippen LogP contribution in [-0.2, 0) is 11.2 Å². The number of carbonyl (C=O) groups is 1. The zero-order chi connectivity index (χ0) is 14.2. The Labute approximate surface area is 122 Å². The highest BCUT2D eigenvalue weighted by atomic mass is 32.1. The van der Waals surface area contributed by atoms with Gasteiger partial charge in [-0.05, 0) is 29.5 Å². The minimum absolute atomic E-state index is 0.101. The van der Waals surface area contributed by atoms with Gasteiger partial charge in [0.2, 0.25) is 5.91 Å². The van der Waals surface area contributed by atoms with E-state index < -0.39 is 0 Å². The number of amides is 1. The van der Waals surface area contributed by atoms with Gasteiger partial charge in [0, 0.05) is 4.88 Å². The lowest BCUT2D eigenvalue weighted by Crippen LogP contribution is -2.19. The van der Waals surface area contributed by atoms with Crippen molar-refractivity contribution in [3.63, 3.8) is 0 Å². The molecule has 2 rings (SSSR count). The maximum atomic E-state index is 11.6. The molecule has 2 aromatic rings. The van der Waals surface area contributed by atoms with E-state index >= 15 is 0 Å². The largest absolute Gasteiger partial charge is 0.273 e. The molecule has 1 aromatic carbocycles. The van der Waals surface area contributed by atoms with Crippen molar-refractivity contribution in [1.82, 2.24) is 5.43 Å². The molecule has 102 valence electrons. The molecule has 0 unspecified atom stereocenters. The van der Waals surface area contributed by atoms with Gasteiger partial charge in [-0.3, -0.25) is 4.79 Å². The Kier molecular flexibility index (Phi) is 5.26. The first-order valence-electron chi connectivity index (χ1n) is 6.31. The lowest BCUT2D eigenvalue weighted by molar-refractivity contribution is -0.120. The first kappa shape index (κ1) is 14.2. The molecule has 0 radical (unpaired) electrons. The van der Waals surface area contributed by atoms with Crippen LogP contribution in [0.25, 0.3) is 6.08 Å². The zero-order valence-electron chi connectivity index (χ0n) is 11.2. The maximum absolute atomic E-state index is 11.6. The molecule has 0 fully saturated rings. The van der Waals surface area contributed by atoms with Gasteiger partial charge in [-0.2, -0.15) is 5.10 Å². The van der Waals surface area contributed by atoms with E-state index in [9.17, 15) is 4.79 Å². The van der Waals surface area contributed by atoms with Crippen LogP contribution in [0.1, 0.15) is 17.4 Å². The minimum atomic E-state index is -0.101. The minimum Gasteiger partial charge on any atom is -0.273 e. The Hall–Kier alpha value is -2.20.